The molecule has 2 aromatic carbocycles. The van der Waals surface area contributed by atoms with Gasteiger partial charge in [0.25, 0.3) is 0 Å². The van der Waals surface area contributed by atoms with Gasteiger partial charge in [0.2, 0.25) is 12.4 Å². The highest BCUT2D eigenvalue weighted by Gasteiger charge is 2.08. The van der Waals surface area contributed by atoms with Crippen LogP contribution in [0, 0.1) is 20.2 Å². The van der Waals surface area contributed by atoms with Crippen LogP contribution in [0.5, 0.6) is 0 Å². The minimum Gasteiger partial charge on any atom is -0.347 e. The fraction of sp³-hybridized carbons (Fsp3) is 0.375. The van der Waals surface area contributed by atoms with E-state index in [4.69, 9.17) is 0 Å². The van der Waals surface area contributed by atoms with Crippen LogP contribution in [-0.2, 0) is 13.1 Å². The number of para-hydroxylation sites is 2. The van der Waals surface area contributed by atoms with E-state index >= 15 is 0 Å². The second kappa shape index (κ2) is 14.8. The van der Waals surface area contributed by atoms with Gasteiger partial charge in [0.05, 0.1) is 9.85 Å². The maximum atomic E-state index is 10.7. The van der Waals surface area contributed by atoms with E-state index in [0.717, 1.165) is 71.3 Å². The van der Waals surface area contributed by atoms with Crippen LogP contribution in [0.3, 0.4) is 0 Å². The summed E-state index contributed by atoms with van der Waals surface area (Å²) in [4.78, 5) is 20.6. The molecule has 0 fully saturated rings. The van der Waals surface area contributed by atoms with Gasteiger partial charge in [0.1, 0.15) is 0 Å². The molecular weight excluding hydrogens is 504 g/mol. The van der Waals surface area contributed by atoms with Crippen molar-refractivity contribution in [2.75, 3.05) is 0 Å². The molecule has 2 heterocycles. The first-order valence-corrected chi connectivity index (χ1v) is 14.3. The third-order valence-electron chi connectivity index (χ3n) is 7.44. The van der Waals surface area contributed by atoms with Crippen LogP contribution in [0.2, 0.25) is 0 Å². The highest BCUT2D eigenvalue weighted by Crippen LogP contribution is 2.25. The average Bonchev–Trinajstić information content (AvgIpc) is 3.49. The van der Waals surface area contributed by atoms with Gasteiger partial charge in [0, 0.05) is 70.6 Å². The first-order chi connectivity index (χ1) is 19.5. The number of aryl methyl sites for hydroxylation is 2. The second-order valence-electron chi connectivity index (χ2n) is 10.3. The normalized spacial score (nSPS) is 11.9. The molecule has 0 spiro atoms. The van der Waals surface area contributed by atoms with E-state index < -0.39 is 9.85 Å². The molecule has 0 amide bonds. The Hall–Kier alpha value is -4.20. The molecular formula is C32H38N4O4. The van der Waals surface area contributed by atoms with Gasteiger partial charge >= 0.3 is 0 Å². The minimum atomic E-state index is -0.420. The third kappa shape index (κ3) is 8.15. The molecule has 0 aliphatic rings. The predicted octanol–water partition coefficient (Wildman–Crippen LogP) is 8.69. The van der Waals surface area contributed by atoms with Gasteiger partial charge in [-0.1, -0.05) is 87.8 Å². The summed E-state index contributed by atoms with van der Waals surface area (Å²) in [5.74, 6) is 0. The molecule has 40 heavy (non-hydrogen) atoms. The van der Waals surface area contributed by atoms with Gasteiger partial charge in [-0.25, -0.2) is 0 Å². The van der Waals surface area contributed by atoms with Gasteiger partial charge in [-0.15, -0.1) is 0 Å². The zero-order chi connectivity index (χ0) is 28.2. The molecule has 0 bridgehead atoms. The smallest absolute Gasteiger partial charge is 0.235 e. The Labute approximate surface area is 234 Å². The standard InChI is InChI=1S/C32H38N4O4/c37-35(38)23-19-27-25-33(31-17-11-9-15-29(27)31)21-13-7-5-3-1-2-4-6-8-14-22-34-26-28(20-24-36(39)40)30-16-10-12-18-32(30)34/h9-12,15-20,23-26H,1-8,13-14,21-22H2/b23-19-,24-20+. The van der Waals surface area contributed by atoms with Crippen LogP contribution in [0.4, 0.5) is 0 Å². The highest BCUT2D eigenvalue weighted by molar-refractivity contribution is 5.90. The summed E-state index contributed by atoms with van der Waals surface area (Å²) in [7, 11) is 0. The quantitative estimate of drug-likeness (QED) is 0.0757. The largest absolute Gasteiger partial charge is 0.347 e. The monoisotopic (exact) mass is 542 g/mol. The maximum absolute atomic E-state index is 10.7. The predicted molar refractivity (Wildman–Crippen MR) is 162 cm³/mol. The minimum absolute atomic E-state index is 0.420. The summed E-state index contributed by atoms with van der Waals surface area (Å²) < 4.78 is 4.44. The van der Waals surface area contributed by atoms with E-state index in [1.54, 1.807) is 12.2 Å². The van der Waals surface area contributed by atoms with Crippen molar-refractivity contribution in [3.63, 3.8) is 0 Å². The Balaban J connectivity index is 1.08. The van der Waals surface area contributed by atoms with Gasteiger partial charge in [0.15, 0.2) is 0 Å². The molecule has 0 unspecified atom stereocenters. The lowest BCUT2D eigenvalue weighted by Gasteiger charge is -2.06. The Morgan fingerprint density at radius 1 is 0.550 bits per heavy atom. The van der Waals surface area contributed by atoms with Crippen molar-refractivity contribution in [2.24, 2.45) is 0 Å². The van der Waals surface area contributed by atoms with E-state index in [-0.39, 0.29) is 0 Å². The van der Waals surface area contributed by atoms with Crippen molar-refractivity contribution >= 4 is 34.0 Å². The van der Waals surface area contributed by atoms with Crippen LogP contribution >= 0.6 is 0 Å². The van der Waals surface area contributed by atoms with Crippen LogP contribution in [0.15, 0.2) is 73.3 Å². The van der Waals surface area contributed by atoms with Crippen molar-refractivity contribution in [3.8, 4) is 0 Å². The van der Waals surface area contributed by atoms with Crippen molar-refractivity contribution < 1.29 is 9.85 Å². The summed E-state index contributed by atoms with van der Waals surface area (Å²) in [5.41, 5.74) is 4.04. The molecule has 0 saturated heterocycles. The van der Waals surface area contributed by atoms with Crippen LogP contribution < -0.4 is 0 Å². The van der Waals surface area contributed by atoms with Crippen LogP contribution in [-0.4, -0.2) is 19.0 Å². The Morgan fingerprint density at radius 2 is 0.900 bits per heavy atom. The molecule has 0 atom stereocenters. The molecule has 210 valence electrons. The number of unbranched alkanes of at least 4 members (excludes halogenated alkanes) is 9. The molecule has 0 N–H and O–H groups in total. The zero-order valence-electron chi connectivity index (χ0n) is 23.0. The molecule has 4 rings (SSSR count). The van der Waals surface area contributed by atoms with E-state index in [9.17, 15) is 20.2 Å². The zero-order valence-corrected chi connectivity index (χ0v) is 23.0. The molecule has 0 aliphatic carbocycles. The first kappa shape index (κ1) is 28.8. The SMILES string of the molecule is O=[N+]([O-])/C=C\c1cn(CCCCCCCCCCCCn2cc(/C=C/[N+](=O)[O-])c3ccccc32)c2ccccc12. The number of aromatic nitrogens is 2. The third-order valence-corrected chi connectivity index (χ3v) is 7.44. The number of hydrogen-bond acceptors (Lipinski definition) is 4. The van der Waals surface area contributed by atoms with Gasteiger partial charge in [-0.05, 0) is 25.0 Å². The molecule has 0 radical (unpaired) electrons. The number of nitrogens with zero attached hydrogens (tertiary/aromatic N) is 4. The average molecular weight is 543 g/mol. The lowest BCUT2D eigenvalue weighted by molar-refractivity contribution is -0.401. The molecule has 0 saturated carbocycles. The van der Waals surface area contributed by atoms with Crippen molar-refractivity contribution in [3.05, 3.63) is 105 Å². The molecule has 4 aromatic rings. The van der Waals surface area contributed by atoms with E-state index in [1.165, 1.54) is 51.4 Å². The van der Waals surface area contributed by atoms with E-state index in [1.807, 2.05) is 48.8 Å². The van der Waals surface area contributed by atoms with Crippen molar-refractivity contribution in [2.45, 2.75) is 77.3 Å². The summed E-state index contributed by atoms with van der Waals surface area (Å²) in [6.07, 6.45) is 21.4. The van der Waals surface area contributed by atoms with Crippen LogP contribution in [0.25, 0.3) is 34.0 Å². The lowest BCUT2D eigenvalue weighted by Crippen LogP contribution is -1.96. The Kier molecular flexibility index (Phi) is 10.7. The number of benzene rings is 2. The number of fused-ring (bicyclic) bond motifs is 2. The van der Waals surface area contributed by atoms with Crippen LogP contribution in [0.1, 0.15) is 75.3 Å². The second-order valence-corrected chi connectivity index (χ2v) is 10.3. The molecule has 0 aliphatic heterocycles. The topological polar surface area (TPSA) is 96.1 Å². The highest BCUT2D eigenvalue weighted by atomic mass is 16.6. The summed E-state index contributed by atoms with van der Waals surface area (Å²) in [5, 5.41) is 23.5. The van der Waals surface area contributed by atoms with E-state index in [2.05, 4.69) is 21.3 Å². The summed E-state index contributed by atoms with van der Waals surface area (Å²) in [6.45, 7) is 1.86. The van der Waals surface area contributed by atoms with Gasteiger partial charge in [-0.2, -0.15) is 0 Å². The molecule has 8 heteroatoms. The first-order valence-electron chi connectivity index (χ1n) is 14.3. The van der Waals surface area contributed by atoms with Gasteiger partial charge < -0.3 is 9.13 Å². The fourth-order valence-corrected chi connectivity index (χ4v) is 5.45. The van der Waals surface area contributed by atoms with Gasteiger partial charge in [-0.3, -0.25) is 20.2 Å². The maximum Gasteiger partial charge on any atom is 0.235 e. The number of rotatable bonds is 17. The van der Waals surface area contributed by atoms with Crippen molar-refractivity contribution in [1.82, 2.24) is 9.13 Å². The summed E-state index contributed by atoms with van der Waals surface area (Å²) in [6, 6.07) is 16.2. The Bertz CT molecular complexity index is 1370. The van der Waals surface area contributed by atoms with Crippen molar-refractivity contribution in [1.29, 1.82) is 0 Å². The number of hydrogen-bond donors (Lipinski definition) is 0. The molecule has 2 aromatic heterocycles. The summed E-state index contributed by atoms with van der Waals surface area (Å²) >= 11 is 0. The molecule has 8 nitrogen and oxygen atoms in total. The lowest BCUT2D eigenvalue weighted by atomic mass is 10.1. The fourth-order valence-electron chi connectivity index (χ4n) is 5.45. The van der Waals surface area contributed by atoms with E-state index in [0.29, 0.717) is 0 Å². The Morgan fingerprint density at radius 3 is 1.27 bits per heavy atom. The number of nitro groups is 2.